The van der Waals surface area contributed by atoms with Crippen molar-refractivity contribution in [3.05, 3.63) is 15.8 Å². The lowest BCUT2D eigenvalue weighted by Gasteiger charge is -2.31. The molecular formula is C12H19NO4S2. The Hall–Kier alpha value is -0.470. The Morgan fingerprint density at radius 2 is 2.05 bits per heavy atom. The summed E-state index contributed by atoms with van der Waals surface area (Å²) in [6, 6.07) is 1.66. The van der Waals surface area contributed by atoms with Gasteiger partial charge in [-0.05, 0) is 19.9 Å². The van der Waals surface area contributed by atoms with Crippen LogP contribution in [-0.2, 0) is 14.8 Å². The summed E-state index contributed by atoms with van der Waals surface area (Å²) in [7, 11) is -3.55. The Balaban J connectivity index is 2.07. The van der Waals surface area contributed by atoms with E-state index in [1.54, 1.807) is 13.0 Å². The number of sulfonamides is 1. The number of nitrogens with one attached hydrogen (secondary N) is 1. The molecule has 0 unspecified atom stereocenters. The van der Waals surface area contributed by atoms with E-state index in [0.717, 1.165) is 9.75 Å². The Labute approximate surface area is 117 Å². The summed E-state index contributed by atoms with van der Waals surface area (Å²) in [5, 5.41) is 10.3. The maximum atomic E-state index is 12.2. The molecule has 7 heteroatoms. The average molecular weight is 305 g/mol. The molecule has 19 heavy (non-hydrogen) atoms. The first-order valence-corrected chi connectivity index (χ1v) is 8.49. The molecule has 2 N–H and O–H groups in total. The van der Waals surface area contributed by atoms with Crippen LogP contribution in [-0.4, -0.2) is 38.9 Å². The smallest absolute Gasteiger partial charge is 0.241 e. The third kappa shape index (κ3) is 3.55. The van der Waals surface area contributed by atoms with Crippen molar-refractivity contribution in [2.24, 2.45) is 0 Å². The van der Waals surface area contributed by atoms with Gasteiger partial charge in [0.25, 0.3) is 0 Å². The molecule has 1 aromatic rings. The number of aryl methyl sites for hydroxylation is 2. The van der Waals surface area contributed by atoms with Gasteiger partial charge in [-0.25, -0.2) is 13.1 Å². The Morgan fingerprint density at radius 1 is 1.42 bits per heavy atom. The quantitative estimate of drug-likeness (QED) is 0.876. The van der Waals surface area contributed by atoms with E-state index in [-0.39, 0.29) is 6.54 Å². The SMILES string of the molecule is Cc1cc(S(=O)(=O)NCC2(O)CCOCC2)c(C)s1. The van der Waals surface area contributed by atoms with Gasteiger partial charge in [0.05, 0.1) is 10.5 Å². The second kappa shape index (κ2) is 5.49. The van der Waals surface area contributed by atoms with Crippen molar-refractivity contribution in [1.29, 1.82) is 0 Å². The van der Waals surface area contributed by atoms with Gasteiger partial charge >= 0.3 is 0 Å². The Bertz CT molecular complexity index is 544. The molecule has 2 rings (SSSR count). The number of hydrogen-bond acceptors (Lipinski definition) is 5. The van der Waals surface area contributed by atoms with Crippen molar-refractivity contribution in [3.8, 4) is 0 Å². The molecule has 1 saturated heterocycles. The highest BCUT2D eigenvalue weighted by atomic mass is 32.2. The van der Waals surface area contributed by atoms with Crippen LogP contribution in [0.1, 0.15) is 22.6 Å². The third-order valence-corrected chi connectivity index (χ3v) is 5.92. The summed E-state index contributed by atoms with van der Waals surface area (Å²) in [5.74, 6) is 0. The summed E-state index contributed by atoms with van der Waals surface area (Å²) in [4.78, 5) is 2.04. The predicted molar refractivity (Wildman–Crippen MR) is 74.0 cm³/mol. The van der Waals surface area contributed by atoms with Crippen LogP contribution in [0.5, 0.6) is 0 Å². The fraction of sp³-hybridized carbons (Fsp3) is 0.667. The molecule has 0 atom stereocenters. The molecule has 0 bridgehead atoms. The molecule has 0 amide bonds. The molecule has 0 saturated carbocycles. The van der Waals surface area contributed by atoms with Crippen LogP contribution >= 0.6 is 11.3 Å². The van der Waals surface area contributed by atoms with E-state index < -0.39 is 15.6 Å². The molecule has 1 aromatic heterocycles. The number of ether oxygens (including phenoxy) is 1. The van der Waals surface area contributed by atoms with Crippen LogP contribution in [0.25, 0.3) is 0 Å². The fourth-order valence-corrected chi connectivity index (χ4v) is 4.78. The largest absolute Gasteiger partial charge is 0.388 e. The second-order valence-corrected chi connectivity index (χ2v) is 8.13. The molecule has 0 aromatic carbocycles. The molecule has 5 nitrogen and oxygen atoms in total. The molecule has 2 heterocycles. The summed E-state index contributed by atoms with van der Waals surface area (Å²) in [6.45, 7) is 4.63. The number of aliphatic hydroxyl groups is 1. The highest BCUT2D eigenvalue weighted by Crippen LogP contribution is 2.26. The zero-order chi connectivity index (χ0) is 14.1. The van der Waals surface area contributed by atoms with E-state index in [1.807, 2.05) is 6.92 Å². The topological polar surface area (TPSA) is 75.6 Å². The second-order valence-electron chi connectivity index (χ2n) is 4.94. The van der Waals surface area contributed by atoms with Crippen molar-refractivity contribution >= 4 is 21.4 Å². The Kier molecular flexibility index (Phi) is 4.32. The van der Waals surface area contributed by atoms with Gasteiger partial charge in [0.1, 0.15) is 0 Å². The van der Waals surface area contributed by atoms with E-state index in [9.17, 15) is 13.5 Å². The van der Waals surface area contributed by atoms with Crippen molar-refractivity contribution in [1.82, 2.24) is 4.72 Å². The van der Waals surface area contributed by atoms with Crippen molar-refractivity contribution in [2.75, 3.05) is 19.8 Å². The lowest BCUT2D eigenvalue weighted by Crippen LogP contribution is -2.46. The molecule has 108 valence electrons. The minimum Gasteiger partial charge on any atom is -0.388 e. The summed E-state index contributed by atoms with van der Waals surface area (Å²) in [5.41, 5.74) is -0.996. The van der Waals surface area contributed by atoms with Crippen molar-refractivity contribution in [3.63, 3.8) is 0 Å². The van der Waals surface area contributed by atoms with Gasteiger partial charge in [-0.2, -0.15) is 0 Å². The van der Waals surface area contributed by atoms with E-state index >= 15 is 0 Å². The minimum absolute atomic E-state index is 0.0347. The maximum absolute atomic E-state index is 12.2. The van der Waals surface area contributed by atoms with E-state index in [2.05, 4.69) is 4.72 Å². The monoisotopic (exact) mass is 305 g/mol. The normalized spacial score (nSPS) is 19.5. The number of hydrogen-bond donors (Lipinski definition) is 2. The highest BCUT2D eigenvalue weighted by molar-refractivity contribution is 7.89. The molecule has 1 aliphatic rings. The third-order valence-electron chi connectivity index (χ3n) is 3.30. The Morgan fingerprint density at radius 3 is 2.58 bits per heavy atom. The molecule has 0 radical (unpaired) electrons. The van der Waals surface area contributed by atoms with Gasteiger partial charge in [0, 0.05) is 42.4 Å². The lowest BCUT2D eigenvalue weighted by atomic mass is 9.95. The van der Waals surface area contributed by atoms with Gasteiger partial charge in [-0.1, -0.05) is 0 Å². The van der Waals surface area contributed by atoms with Gasteiger partial charge in [0.2, 0.25) is 10.0 Å². The van der Waals surface area contributed by atoms with E-state index in [4.69, 9.17) is 4.74 Å². The first kappa shape index (κ1) is 14.9. The maximum Gasteiger partial charge on any atom is 0.241 e. The van der Waals surface area contributed by atoms with Crippen LogP contribution in [0, 0.1) is 13.8 Å². The predicted octanol–water partition coefficient (Wildman–Crippen LogP) is 1.18. The highest BCUT2D eigenvalue weighted by Gasteiger charge is 2.32. The molecular weight excluding hydrogens is 286 g/mol. The van der Waals surface area contributed by atoms with Crippen LogP contribution in [0.4, 0.5) is 0 Å². The van der Waals surface area contributed by atoms with Crippen molar-refractivity contribution in [2.45, 2.75) is 37.2 Å². The van der Waals surface area contributed by atoms with Gasteiger partial charge < -0.3 is 9.84 Å². The molecule has 1 fully saturated rings. The van der Waals surface area contributed by atoms with Gasteiger partial charge in [-0.3, -0.25) is 0 Å². The minimum atomic E-state index is -3.55. The van der Waals surface area contributed by atoms with Crippen LogP contribution < -0.4 is 4.72 Å². The van der Waals surface area contributed by atoms with E-state index in [0.29, 0.717) is 31.0 Å². The van der Waals surface area contributed by atoms with Crippen molar-refractivity contribution < 1.29 is 18.3 Å². The number of rotatable bonds is 4. The van der Waals surface area contributed by atoms with Gasteiger partial charge in [-0.15, -0.1) is 11.3 Å². The zero-order valence-corrected chi connectivity index (χ0v) is 12.7. The lowest BCUT2D eigenvalue weighted by molar-refractivity contribution is -0.0588. The average Bonchev–Trinajstić information content (AvgIpc) is 2.68. The first-order valence-electron chi connectivity index (χ1n) is 6.19. The standard InChI is InChI=1S/C12H19NO4S2/c1-9-7-11(10(2)18-9)19(15,16)13-8-12(14)3-5-17-6-4-12/h7,13-14H,3-6,8H2,1-2H3. The zero-order valence-electron chi connectivity index (χ0n) is 11.1. The summed E-state index contributed by atoms with van der Waals surface area (Å²) in [6.07, 6.45) is 0.911. The number of thiophene rings is 1. The van der Waals surface area contributed by atoms with E-state index in [1.165, 1.54) is 11.3 Å². The van der Waals surface area contributed by atoms with Gasteiger partial charge in [0.15, 0.2) is 0 Å². The molecule has 0 aliphatic carbocycles. The first-order chi connectivity index (χ1) is 8.82. The van der Waals surface area contributed by atoms with Crippen LogP contribution in [0.15, 0.2) is 11.0 Å². The van der Waals surface area contributed by atoms with Crippen LogP contribution in [0.3, 0.4) is 0 Å². The summed E-state index contributed by atoms with van der Waals surface area (Å²) >= 11 is 1.45. The molecule has 1 aliphatic heterocycles. The fourth-order valence-electron chi connectivity index (χ4n) is 2.11. The van der Waals surface area contributed by atoms with Crippen LogP contribution in [0.2, 0.25) is 0 Å². The summed E-state index contributed by atoms with van der Waals surface area (Å²) < 4.78 is 32.1. The molecule has 0 spiro atoms.